The minimum absolute atomic E-state index is 0.246. The van der Waals surface area contributed by atoms with E-state index in [1.165, 1.54) is 0 Å². The smallest absolute Gasteiger partial charge is 0.314 e. The van der Waals surface area contributed by atoms with Crippen molar-refractivity contribution in [2.75, 3.05) is 26.7 Å². The minimum atomic E-state index is -0.837. The maximum atomic E-state index is 11.4. The van der Waals surface area contributed by atoms with Crippen molar-refractivity contribution in [2.24, 2.45) is 5.92 Å². The zero-order valence-corrected chi connectivity index (χ0v) is 11.7. The fourth-order valence-corrected chi connectivity index (χ4v) is 1.19. The zero-order chi connectivity index (χ0) is 14.1. The van der Waals surface area contributed by atoms with Gasteiger partial charge in [-0.15, -0.1) is 0 Å². The molecular weight excluding hydrogens is 234 g/mol. The molecule has 0 aromatic carbocycles. The number of aliphatic carboxylic acids is 1. The number of amides is 2. The number of hydrogen-bond acceptors (Lipinski definition) is 3. The van der Waals surface area contributed by atoms with Crippen molar-refractivity contribution >= 4 is 12.0 Å². The lowest BCUT2D eigenvalue weighted by Gasteiger charge is -2.20. The first-order chi connectivity index (χ1) is 8.34. The van der Waals surface area contributed by atoms with Crippen molar-refractivity contribution < 1.29 is 14.7 Å². The van der Waals surface area contributed by atoms with E-state index in [4.69, 9.17) is 5.11 Å². The Hall–Kier alpha value is -1.30. The quantitative estimate of drug-likeness (QED) is 0.600. The summed E-state index contributed by atoms with van der Waals surface area (Å²) >= 11 is 0. The molecule has 0 bridgehead atoms. The molecule has 0 aliphatic heterocycles. The molecule has 0 saturated carbocycles. The number of nitrogens with zero attached hydrogens (tertiary/aromatic N) is 1. The van der Waals surface area contributed by atoms with Gasteiger partial charge in [-0.3, -0.25) is 4.79 Å². The third kappa shape index (κ3) is 7.89. The van der Waals surface area contributed by atoms with Crippen molar-refractivity contribution in [1.82, 2.24) is 15.5 Å². The highest BCUT2D eigenvalue weighted by Gasteiger charge is 2.10. The van der Waals surface area contributed by atoms with Crippen molar-refractivity contribution in [2.45, 2.75) is 33.2 Å². The highest BCUT2D eigenvalue weighted by Crippen LogP contribution is 1.99. The van der Waals surface area contributed by atoms with E-state index in [-0.39, 0.29) is 6.03 Å². The van der Waals surface area contributed by atoms with Gasteiger partial charge in [0.15, 0.2) is 0 Å². The van der Waals surface area contributed by atoms with E-state index >= 15 is 0 Å². The van der Waals surface area contributed by atoms with Gasteiger partial charge in [0.2, 0.25) is 0 Å². The Labute approximate surface area is 109 Å². The second-order valence-corrected chi connectivity index (χ2v) is 4.78. The fraction of sp³-hybridized carbons (Fsp3) is 0.833. The van der Waals surface area contributed by atoms with Gasteiger partial charge in [0.05, 0.1) is 5.92 Å². The van der Waals surface area contributed by atoms with Crippen molar-refractivity contribution in [3.8, 4) is 0 Å². The summed E-state index contributed by atoms with van der Waals surface area (Å²) in [5.74, 6) is -1.27. The predicted octanol–water partition coefficient (Wildman–Crippen LogP) is 0.737. The first-order valence-corrected chi connectivity index (χ1v) is 6.29. The summed E-state index contributed by atoms with van der Waals surface area (Å²) in [6, 6.07) is 0.205. The Kier molecular flexibility index (Phi) is 8.11. The van der Waals surface area contributed by atoms with Crippen LogP contribution in [0, 0.1) is 5.92 Å². The lowest BCUT2D eigenvalue weighted by molar-refractivity contribution is -0.141. The molecule has 6 heteroatoms. The first kappa shape index (κ1) is 16.7. The van der Waals surface area contributed by atoms with Crippen LogP contribution in [0.3, 0.4) is 0 Å². The van der Waals surface area contributed by atoms with E-state index < -0.39 is 11.9 Å². The van der Waals surface area contributed by atoms with Gasteiger partial charge in [-0.1, -0.05) is 6.92 Å². The fourth-order valence-electron chi connectivity index (χ4n) is 1.19. The molecule has 0 aromatic heterocycles. The summed E-state index contributed by atoms with van der Waals surface area (Å²) in [7, 11) is 2.00. The Morgan fingerprint density at radius 2 is 1.72 bits per heavy atom. The molecule has 0 aliphatic rings. The number of nitrogens with one attached hydrogen (secondary N) is 2. The monoisotopic (exact) mass is 259 g/mol. The van der Waals surface area contributed by atoms with E-state index in [1.54, 1.807) is 6.92 Å². The van der Waals surface area contributed by atoms with Crippen LogP contribution in [0.5, 0.6) is 0 Å². The van der Waals surface area contributed by atoms with Crippen molar-refractivity contribution in [1.29, 1.82) is 0 Å². The molecule has 0 saturated heterocycles. The van der Waals surface area contributed by atoms with Crippen LogP contribution >= 0.6 is 0 Å². The van der Waals surface area contributed by atoms with Gasteiger partial charge < -0.3 is 20.6 Å². The van der Waals surface area contributed by atoms with Crippen LogP contribution in [0.2, 0.25) is 0 Å². The second kappa shape index (κ2) is 8.74. The van der Waals surface area contributed by atoms with Gasteiger partial charge in [-0.25, -0.2) is 4.79 Å². The molecular formula is C12H25N3O3. The molecule has 0 fully saturated rings. The number of urea groups is 1. The van der Waals surface area contributed by atoms with Gasteiger partial charge in [-0.05, 0) is 27.3 Å². The molecule has 0 rings (SSSR count). The van der Waals surface area contributed by atoms with Crippen LogP contribution in [0.25, 0.3) is 0 Å². The van der Waals surface area contributed by atoms with E-state index in [0.29, 0.717) is 25.6 Å². The van der Waals surface area contributed by atoms with Gasteiger partial charge in [0.25, 0.3) is 0 Å². The molecule has 18 heavy (non-hydrogen) atoms. The number of carboxylic acid groups (broad SMARTS) is 1. The summed E-state index contributed by atoms with van der Waals surface area (Å²) in [5.41, 5.74) is 0. The molecule has 0 heterocycles. The maximum Gasteiger partial charge on any atom is 0.314 e. The molecule has 0 aliphatic carbocycles. The van der Waals surface area contributed by atoms with Crippen molar-refractivity contribution in [3.63, 3.8) is 0 Å². The summed E-state index contributed by atoms with van der Waals surface area (Å²) in [5, 5.41) is 14.0. The molecule has 0 spiro atoms. The van der Waals surface area contributed by atoms with Gasteiger partial charge in [0, 0.05) is 25.7 Å². The Balaban J connectivity index is 3.58. The summed E-state index contributed by atoms with van der Waals surface area (Å²) in [6.45, 7) is 7.55. The molecule has 106 valence electrons. The first-order valence-electron chi connectivity index (χ1n) is 6.29. The summed E-state index contributed by atoms with van der Waals surface area (Å²) < 4.78 is 0. The number of hydrogen-bond donors (Lipinski definition) is 3. The average molecular weight is 259 g/mol. The van der Waals surface area contributed by atoms with Crippen LogP contribution in [-0.4, -0.2) is 54.7 Å². The third-order valence-electron chi connectivity index (χ3n) is 2.92. The number of likely N-dealkylation sites (N-methyl/N-ethyl adjacent to an activating group) is 1. The second-order valence-electron chi connectivity index (χ2n) is 4.78. The van der Waals surface area contributed by atoms with Gasteiger partial charge in [-0.2, -0.15) is 0 Å². The Morgan fingerprint density at radius 3 is 2.22 bits per heavy atom. The lowest BCUT2D eigenvalue weighted by atomic mass is 10.1. The number of carboxylic acids is 1. The summed E-state index contributed by atoms with van der Waals surface area (Å²) in [6.07, 6.45) is 0.439. The molecule has 0 radical (unpaired) electrons. The van der Waals surface area contributed by atoms with Crippen LogP contribution in [0.15, 0.2) is 0 Å². The average Bonchev–Trinajstić information content (AvgIpc) is 2.28. The van der Waals surface area contributed by atoms with Crippen LogP contribution < -0.4 is 10.6 Å². The molecule has 2 amide bonds. The third-order valence-corrected chi connectivity index (χ3v) is 2.92. The largest absolute Gasteiger partial charge is 0.481 e. The zero-order valence-electron chi connectivity index (χ0n) is 11.7. The van der Waals surface area contributed by atoms with E-state index in [0.717, 1.165) is 6.54 Å². The molecule has 6 nitrogen and oxygen atoms in total. The van der Waals surface area contributed by atoms with E-state index in [1.807, 2.05) is 7.05 Å². The number of carbonyl (C=O) groups excluding carboxylic acids is 1. The van der Waals surface area contributed by atoms with Crippen LogP contribution in [0.1, 0.15) is 27.2 Å². The molecule has 0 aromatic rings. The highest BCUT2D eigenvalue weighted by molar-refractivity contribution is 5.74. The SMILES string of the molecule is CC(CCNC(=O)NCCN(C)C(C)C)C(=O)O. The van der Waals surface area contributed by atoms with Crippen molar-refractivity contribution in [3.05, 3.63) is 0 Å². The van der Waals surface area contributed by atoms with Crippen LogP contribution in [-0.2, 0) is 4.79 Å². The highest BCUT2D eigenvalue weighted by atomic mass is 16.4. The van der Waals surface area contributed by atoms with Gasteiger partial charge in [0.1, 0.15) is 0 Å². The van der Waals surface area contributed by atoms with E-state index in [9.17, 15) is 9.59 Å². The van der Waals surface area contributed by atoms with Gasteiger partial charge >= 0.3 is 12.0 Å². The topological polar surface area (TPSA) is 81.7 Å². The summed E-state index contributed by atoms with van der Waals surface area (Å²) in [4.78, 5) is 24.0. The maximum absolute atomic E-state index is 11.4. The molecule has 1 atom stereocenters. The molecule has 1 unspecified atom stereocenters. The number of carbonyl (C=O) groups is 2. The normalized spacial score (nSPS) is 12.6. The Bertz CT molecular complexity index is 269. The molecule has 3 N–H and O–H groups in total. The Morgan fingerprint density at radius 1 is 1.17 bits per heavy atom. The lowest BCUT2D eigenvalue weighted by Crippen LogP contribution is -2.41. The number of rotatable bonds is 8. The standard InChI is InChI=1S/C12H25N3O3/c1-9(2)15(4)8-7-14-12(18)13-6-5-10(3)11(16)17/h9-10H,5-8H2,1-4H3,(H,16,17)(H2,13,14,18). The van der Waals surface area contributed by atoms with Crippen LogP contribution in [0.4, 0.5) is 4.79 Å². The predicted molar refractivity (Wildman–Crippen MR) is 70.6 cm³/mol. The van der Waals surface area contributed by atoms with E-state index in [2.05, 4.69) is 29.4 Å². The minimum Gasteiger partial charge on any atom is -0.481 e.